The predicted octanol–water partition coefficient (Wildman–Crippen LogP) is 1.83. The summed E-state index contributed by atoms with van der Waals surface area (Å²) in [5.74, 6) is 0.614. The van der Waals surface area contributed by atoms with Crippen LogP contribution in [-0.2, 0) is 9.16 Å². The molecule has 0 N–H and O–H groups in total. The summed E-state index contributed by atoms with van der Waals surface area (Å²) in [6.45, 7) is 8.52. The first-order chi connectivity index (χ1) is 5.77. The van der Waals surface area contributed by atoms with Crippen LogP contribution in [0, 0.1) is 5.92 Å². The zero-order chi connectivity index (χ0) is 9.23. The number of ether oxygens (including phenoxy) is 1. The molecule has 0 heterocycles. The third-order valence-electron chi connectivity index (χ3n) is 1.10. The second-order valence-electron chi connectivity index (χ2n) is 2.94. The lowest BCUT2D eigenvalue weighted by atomic mass is 10.2. The zero-order valence-electron chi connectivity index (χ0n) is 8.17. The van der Waals surface area contributed by atoms with E-state index in [9.17, 15) is 0 Å². The van der Waals surface area contributed by atoms with Gasteiger partial charge < -0.3 is 9.16 Å². The first-order valence-corrected chi connectivity index (χ1v) is 5.32. The molecule has 2 radical (unpaired) electrons. The fourth-order valence-corrected chi connectivity index (χ4v) is 1.03. The fourth-order valence-electron chi connectivity index (χ4n) is 0.595. The van der Waals surface area contributed by atoms with Gasteiger partial charge in [0.15, 0.2) is 0 Å². The Bertz CT molecular complexity index is 113. The molecule has 0 fully saturated rings. The van der Waals surface area contributed by atoms with Gasteiger partial charge in [0.25, 0.3) is 9.76 Å². The van der Waals surface area contributed by atoms with Gasteiger partial charge in [-0.2, -0.15) is 0 Å². The highest BCUT2D eigenvalue weighted by atomic mass is 28.2. The first-order valence-electron chi connectivity index (χ1n) is 4.33. The van der Waals surface area contributed by atoms with Gasteiger partial charge in [-0.15, -0.1) is 0 Å². The van der Waals surface area contributed by atoms with Crippen molar-refractivity contribution in [3.8, 4) is 0 Å². The minimum Gasteiger partial charge on any atom is -0.410 e. The number of allylic oxidation sites excluding steroid dienone is 1. The quantitative estimate of drug-likeness (QED) is 0.446. The van der Waals surface area contributed by atoms with Crippen molar-refractivity contribution in [1.29, 1.82) is 0 Å². The third kappa shape index (κ3) is 9.88. The zero-order valence-corrected chi connectivity index (χ0v) is 9.17. The van der Waals surface area contributed by atoms with Crippen LogP contribution in [0.15, 0.2) is 11.8 Å². The van der Waals surface area contributed by atoms with Crippen molar-refractivity contribution >= 4 is 9.76 Å². The smallest absolute Gasteiger partial charge is 0.260 e. The molecule has 0 amide bonds. The average Bonchev–Trinajstić information content (AvgIpc) is 2.02. The molecule has 0 unspecified atom stereocenters. The molecule has 0 aromatic heterocycles. The molecule has 0 aliphatic carbocycles. The van der Waals surface area contributed by atoms with E-state index in [4.69, 9.17) is 9.16 Å². The maximum atomic E-state index is 5.33. The van der Waals surface area contributed by atoms with Crippen molar-refractivity contribution in [2.75, 3.05) is 19.8 Å². The van der Waals surface area contributed by atoms with Crippen molar-refractivity contribution in [2.45, 2.75) is 20.8 Å². The second kappa shape index (κ2) is 8.97. The van der Waals surface area contributed by atoms with Crippen LogP contribution >= 0.6 is 0 Å². The Morgan fingerprint density at radius 2 is 2.08 bits per heavy atom. The van der Waals surface area contributed by atoms with Crippen LogP contribution in [-0.4, -0.2) is 29.6 Å². The number of hydrogen-bond donors (Lipinski definition) is 0. The summed E-state index contributed by atoms with van der Waals surface area (Å²) in [6.07, 6.45) is 1.99. The Kier molecular flexibility index (Phi) is 8.88. The minimum atomic E-state index is 0.477. The summed E-state index contributed by atoms with van der Waals surface area (Å²) in [5.41, 5.74) is 2.02. The summed E-state index contributed by atoms with van der Waals surface area (Å²) in [4.78, 5) is 0. The molecule has 3 heteroatoms. The van der Waals surface area contributed by atoms with Gasteiger partial charge in [-0.25, -0.2) is 0 Å². The van der Waals surface area contributed by atoms with Crippen molar-refractivity contribution in [3.05, 3.63) is 11.8 Å². The van der Waals surface area contributed by atoms with Gasteiger partial charge in [-0.05, 0) is 12.8 Å². The van der Waals surface area contributed by atoms with Crippen LogP contribution in [0.1, 0.15) is 20.8 Å². The molecule has 0 aliphatic heterocycles. The van der Waals surface area contributed by atoms with Crippen LogP contribution in [0.2, 0.25) is 0 Å². The van der Waals surface area contributed by atoms with Crippen molar-refractivity contribution < 1.29 is 9.16 Å². The summed E-state index contributed by atoms with van der Waals surface area (Å²) >= 11 is 0. The van der Waals surface area contributed by atoms with Gasteiger partial charge in [0.05, 0.1) is 13.2 Å². The lowest BCUT2D eigenvalue weighted by Gasteiger charge is -2.05. The van der Waals surface area contributed by atoms with Gasteiger partial charge in [0, 0.05) is 6.61 Å². The van der Waals surface area contributed by atoms with Crippen LogP contribution in [0.3, 0.4) is 0 Å². The van der Waals surface area contributed by atoms with E-state index in [-0.39, 0.29) is 0 Å². The molecule has 0 aromatic carbocycles. The maximum Gasteiger partial charge on any atom is 0.260 e. The molecule has 2 nitrogen and oxygen atoms in total. The standard InChI is InChI=1S/C9H18O2Si/c1-4-7-12-11-6-5-10-8-9(2)3/h4,7,9H,5-6,8H2,1-3H3/b7-4+. The molecule has 0 atom stereocenters. The highest BCUT2D eigenvalue weighted by Crippen LogP contribution is 1.91. The average molecular weight is 186 g/mol. The lowest BCUT2D eigenvalue weighted by molar-refractivity contribution is 0.0835. The molecule has 70 valence electrons. The van der Waals surface area contributed by atoms with E-state index >= 15 is 0 Å². The topological polar surface area (TPSA) is 18.5 Å². The SMILES string of the molecule is C/C=C/[Si]OCCOCC(C)C. The Hall–Kier alpha value is -0.123. The summed E-state index contributed by atoms with van der Waals surface area (Å²) in [7, 11) is 0.477. The molecule has 0 aliphatic rings. The Morgan fingerprint density at radius 1 is 1.33 bits per heavy atom. The number of rotatable bonds is 7. The first kappa shape index (κ1) is 11.9. The van der Waals surface area contributed by atoms with Gasteiger partial charge >= 0.3 is 0 Å². The van der Waals surface area contributed by atoms with Gasteiger partial charge in [-0.3, -0.25) is 0 Å². The van der Waals surface area contributed by atoms with Crippen LogP contribution in [0.4, 0.5) is 0 Å². The van der Waals surface area contributed by atoms with Crippen LogP contribution < -0.4 is 0 Å². The van der Waals surface area contributed by atoms with E-state index in [0.717, 1.165) is 6.61 Å². The maximum absolute atomic E-state index is 5.33. The Balaban J connectivity index is 2.91. The van der Waals surface area contributed by atoms with E-state index in [1.807, 2.05) is 18.7 Å². The summed E-state index contributed by atoms with van der Waals surface area (Å²) < 4.78 is 10.6. The van der Waals surface area contributed by atoms with E-state index in [2.05, 4.69) is 13.8 Å². The van der Waals surface area contributed by atoms with E-state index in [1.165, 1.54) is 0 Å². The molecule has 0 aromatic rings. The molecule has 0 saturated carbocycles. The number of hydrogen-bond acceptors (Lipinski definition) is 2. The minimum absolute atomic E-state index is 0.477. The normalized spacial score (nSPS) is 11.7. The lowest BCUT2D eigenvalue weighted by Crippen LogP contribution is -2.09. The molecular formula is C9H18O2Si. The van der Waals surface area contributed by atoms with E-state index < -0.39 is 0 Å². The van der Waals surface area contributed by atoms with Gasteiger partial charge in [0.2, 0.25) is 0 Å². The third-order valence-corrected chi connectivity index (χ3v) is 1.94. The van der Waals surface area contributed by atoms with Crippen LogP contribution in [0.25, 0.3) is 0 Å². The molecule has 12 heavy (non-hydrogen) atoms. The van der Waals surface area contributed by atoms with E-state index in [0.29, 0.717) is 28.9 Å². The fraction of sp³-hybridized carbons (Fsp3) is 0.778. The summed E-state index contributed by atoms with van der Waals surface area (Å²) in [5, 5.41) is 0. The van der Waals surface area contributed by atoms with Crippen molar-refractivity contribution in [3.63, 3.8) is 0 Å². The summed E-state index contributed by atoms with van der Waals surface area (Å²) in [6, 6.07) is 0. The second-order valence-corrected chi connectivity index (χ2v) is 3.79. The van der Waals surface area contributed by atoms with Gasteiger partial charge in [-0.1, -0.05) is 25.6 Å². The van der Waals surface area contributed by atoms with Crippen molar-refractivity contribution in [1.82, 2.24) is 0 Å². The highest BCUT2D eigenvalue weighted by molar-refractivity contribution is 6.34. The Labute approximate surface area is 77.9 Å². The highest BCUT2D eigenvalue weighted by Gasteiger charge is 1.92. The van der Waals surface area contributed by atoms with Crippen LogP contribution in [0.5, 0.6) is 0 Å². The largest absolute Gasteiger partial charge is 0.410 e. The molecular weight excluding hydrogens is 168 g/mol. The monoisotopic (exact) mass is 186 g/mol. The predicted molar refractivity (Wildman–Crippen MR) is 52.2 cm³/mol. The van der Waals surface area contributed by atoms with Crippen molar-refractivity contribution in [2.24, 2.45) is 5.92 Å². The molecule has 0 saturated heterocycles. The Morgan fingerprint density at radius 3 is 2.67 bits per heavy atom. The van der Waals surface area contributed by atoms with Gasteiger partial charge in [0.1, 0.15) is 0 Å². The molecule has 0 bridgehead atoms. The molecule has 0 rings (SSSR count). The van der Waals surface area contributed by atoms with E-state index in [1.54, 1.807) is 0 Å². The molecule has 0 spiro atoms.